The maximum Gasteiger partial charge on any atom is 0.416 e. The molecular weight excluding hydrogens is 301 g/mol. The minimum atomic E-state index is -4.42. The standard InChI is InChI=1S/C13H15F3N4S/c1-7-19-9(6-21-7)5-12(20-18)10-4-8(13(14,15)16)2-3-11(10)17/h2-4,6,12,20H,5,17-18H2,1H3. The number of nitrogens with two attached hydrogens (primary N) is 2. The summed E-state index contributed by atoms with van der Waals surface area (Å²) < 4.78 is 38.4. The largest absolute Gasteiger partial charge is 0.416 e. The molecule has 1 aromatic carbocycles. The number of benzene rings is 1. The zero-order valence-corrected chi connectivity index (χ0v) is 12.1. The van der Waals surface area contributed by atoms with Gasteiger partial charge in [0, 0.05) is 17.5 Å². The van der Waals surface area contributed by atoms with E-state index in [1.54, 1.807) is 0 Å². The molecule has 1 heterocycles. The third-order valence-electron chi connectivity index (χ3n) is 3.07. The van der Waals surface area contributed by atoms with Crippen LogP contribution in [0.3, 0.4) is 0 Å². The quantitative estimate of drug-likeness (QED) is 0.460. The number of nitrogen functional groups attached to an aromatic ring is 1. The molecule has 5 N–H and O–H groups in total. The number of aromatic nitrogens is 1. The van der Waals surface area contributed by atoms with Crippen LogP contribution in [0.15, 0.2) is 23.6 Å². The summed E-state index contributed by atoms with van der Waals surface area (Å²) in [6, 6.07) is 2.70. The summed E-state index contributed by atoms with van der Waals surface area (Å²) in [5, 5.41) is 2.74. The number of halogens is 3. The summed E-state index contributed by atoms with van der Waals surface area (Å²) in [5.74, 6) is 5.48. The lowest BCUT2D eigenvalue weighted by Crippen LogP contribution is -2.30. The third kappa shape index (κ3) is 3.72. The molecule has 8 heteroatoms. The monoisotopic (exact) mass is 316 g/mol. The van der Waals surface area contributed by atoms with Gasteiger partial charge in [-0.2, -0.15) is 13.2 Å². The van der Waals surface area contributed by atoms with Crippen LogP contribution in [0.2, 0.25) is 0 Å². The van der Waals surface area contributed by atoms with Gasteiger partial charge in [-0.05, 0) is 30.7 Å². The van der Waals surface area contributed by atoms with Gasteiger partial charge < -0.3 is 5.73 Å². The Kier molecular flexibility index (Phi) is 4.50. The zero-order valence-electron chi connectivity index (χ0n) is 11.2. The summed E-state index contributed by atoms with van der Waals surface area (Å²) >= 11 is 1.47. The minimum absolute atomic E-state index is 0.262. The predicted molar refractivity (Wildman–Crippen MR) is 76.5 cm³/mol. The summed E-state index contributed by atoms with van der Waals surface area (Å²) in [4.78, 5) is 4.28. The first-order valence-corrected chi connectivity index (χ1v) is 7.03. The Morgan fingerprint density at radius 3 is 2.62 bits per heavy atom. The third-order valence-corrected chi connectivity index (χ3v) is 3.89. The number of nitrogens with zero attached hydrogens (tertiary/aromatic N) is 1. The van der Waals surface area contributed by atoms with Gasteiger partial charge in [0.15, 0.2) is 0 Å². The number of aryl methyl sites for hydroxylation is 1. The number of alkyl halides is 3. The van der Waals surface area contributed by atoms with Gasteiger partial charge >= 0.3 is 6.18 Å². The lowest BCUT2D eigenvalue weighted by molar-refractivity contribution is -0.137. The van der Waals surface area contributed by atoms with Gasteiger partial charge in [-0.3, -0.25) is 11.3 Å². The van der Waals surface area contributed by atoms with E-state index < -0.39 is 17.8 Å². The van der Waals surface area contributed by atoms with Crippen LogP contribution in [0.1, 0.15) is 27.9 Å². The van der Waals surface area contributed by atoms with E-state index in [9.17, 15) is 13.2 Å². The van der Waals surface area contributed by atoms with E-state index in [2.05, 4.69) is 10.4 Å². The predicted octanol–water partition coefficient (Wildman–Crippen LogP) is 2.80. The maximum absolute atomic E-state index is 12.8. The van der Waals surface area contributed by atoms with Gasteiger partial charge in [0.1, 0.15) is 0 Å². The molecule has 1 atom stereocenters. The lowest BCUT2D eigenvalue weighted by atomic mass is 9.98. The van der Waals surface area contributed by atoms with E-state index in [1.165, 1.54) is 17.4 Å². The number of nitrogens with one attached hydrogen (secondary N) is 1. The summed E-state index contributed by atoms with van der Waals surface area (Å²) in [6.07, 6.45) is -4.05. The highest BCUT2D eigenvalue weighted by Crippen LogP contribution is 2.33. The summed E-state index contributed by atoms with van der Waals surface area (Å²) in [5.41, 5.74) is 8.89. The lowest BCUT2D eigenvalue weighted by Gasteiger charge is -2.19. The normalized spacial score (nSPS) is 13.4. The summed E-state index contributed by atoms with van der Waals surface area (Å²) in [6.45, 7) is 1.86. The van der Waals surface area contributed by atoms with Gasteiger partial charge in [-0.25, -0.2) is 4.98 Å². The van der Waals surface area contributed by atoms with Crippen molar-refractivity contribution in [2.45, 2.75) is 25.6 Å². The van der Waals surface area contributed by atoms with Crippen molar-refractivity contribution in [3.05, 3.63) is 45.4 Å². The Balaban J connectivity index is 2.33. The SMILES string of the molecule is Cc1nc(CC(NN)c2cc(C(F)(F)F)ccc2N)cs1. The smallest absolute Gasteiger partial charge is 0.398 e. The van der Waals surface area contributed by atoms with Crippen molar-refractivity contribution < 1.29 is 13.2 Å². The first kappa shape index (κ1) is 15.7. The van der Waals surface area contributed by atoms with Crippen LogP contribution in [0.5, 0.6) is 0 Å². The number of hydrogen-bond acceptors (Lipinski definition) is 5. The van der Waals surface area contributed by atoms with Crippen LogP contribution in [-0.4, -0.2) is 4.98 Å². The molecule has 2 aromatic rings. The fraction of sp³-hybridized carbons (Fsp3) is 0.308. The second-order valence-electron chi connectivity index (χ2n) is 4.62. The Morgan fingerprint density at radius 1 is 1.38 bits per heavy atom. The average molecular weight is 316 g/mol. The molecule has 21 heavy (non-hydrogen) atoms. The van der Waals surface area contributed by atoms with Crippen molar-refractivity contribution in [3.8, 4) is 0 Å². The molecule has 1 unspecified atom stereocenters. The first-order chi connectivity index (χ1) is 9.81. The molecule has 0 saturated carbocycles. The number of thiazole rings is 1. The minimum Gasteiger partial charge on any atom is -0.398 e. The van der Waals surface area contributed by atoms with E-state index in [4.69, 9.17) is 11.6 Å². The van der Waals surface area contributed by atoms with E-state index in [-0.39, 0.29) is 5.69 Å². The molecule has 4 nitrogen and oxygen atoms in total. The highest BCUT2D eigenvalue weighted by atomic mass is 32.1. The van der Waals surface area contributed by atoms with Gasteiger partial charge in [0.2, 0.25) is 0 Å². The van der Waals surface area contributed by atoms with Crippen LogP contribution in [-0.2, 0) is 12.6 Å². The number of rotatable bonds is 4. The van der Waals surface area contributed by atoms with Crippen molar-refractivity contribution in [2.75, 3.05) is 5.73 Å². The Hall–Kier alpha value is -1.64. The number of hydrazine groups is 1. The van der Waals surface area contributed by atoms with E-state index in [0.717, 1.165) is 22.8 Å². The van der Waals surface area contributed by atoms with Crippen LogP contribution in [0, 0.1) is 6.92 Å². The molecule has 0 spiro atoms. The zero-order chi connectivity index (χ0) is 15.6. The van der Waals surface area contributed by atoms with Gasteiger partial charge in [-0.15, -0.1) is 11.3 Å². The molecule has 0 amide bonds. The highest BCUT2D eigenvalue weighted by Gasteiger charge is 2.31. The fourth-order valence-electron chi connectivity index (χ4n) is 2.02. The molecule has 0 aliphatic heterocycles. The second-order valence-corrected chi connectivity index (χ2v) is 5.68. The molecule has 0 radical (unpaired) electrons. The summed E-state index contributed by atoms with van der Waals surface area (Å²) in [7, 11) is 0. The molecule has 0 aliphatic carbocycles. The highest BCUT2D eigenvalue weighted by molar-refractivity contribution is 7.09. The van der Waals surface area contributed by atoms with Gasteiger partial charge in [0.05, 0.1) is 22.3 Å². The first-order valence-electron chi connectivity index (χ1n) is 6.15. The Morgan fingerprint density at radius 2 is 2.10 bits per heavy atom. The molecule has 1 aromatic heterocycles. The fourth-order valence-corrected chi connectivity index (χ4v) is 2.65. The van der Waals surface area contributed by atoms with Crippen molar-refractivity contribution >= 4 is 17.0 Å². The topological polar surface area (TPSA) is 77.0 Å². The maximum atomic E-state index is 12.8. The van der Waals surface area contributed by atoms with Crippen molar-refractivity contribution in [3.63, 3.8) is 0 Å². The van der Waals surface area contributed by atoms with Crippen LogP contribution in [0.4, 0.5) is 18.9 Å². The molecule has 0 saturated heterocycles. The van der Waals surface area contributed by atoms with Gasteiger partial charge in [0.25, 0.3) is 0 Å². The van der Waals surface area contributed by atoms with Crippen molar-refractivity contribution in [2.24, 2.45) is 5.84 Å². The van der Waals surface area contributed by atoms with Crippen LogP contribution < -0.4 is 17.0 Å². The van der Waals surface area contributed by atoms with Gasteiger partial charge in [-0.1, -0.05) is 0 Å². The van der Waals surface area contributed by atoms with Crippen molar-refractivity contribution in [1.29, 1.82) is 0 Å². The Labute approximate surface area is 124 Å². The Bertz CT molecular complexity index is 624. The molecular formula is C13H15F3N4S. The molecule has 114 valence electrons. The molecule has 0 aliphatic rings. The number of anilines is 1. The van der Waals surface area contributed by atoms with E-state index >= 15 is 0 Å². The second kappa shape index (κ2) is 6.00. The average Bonchev–Trinajstić information content (AvgIpc) is 2.81. The molecule has 0 bridgehead atoms. The van der Waals surface area contributed by atoms with Crippen molar-refractivity contribution in [1.82, 2.24) is 10.4 Å². The number of hydrogen-bond donors (Lipinski definition) is 3. The van der Waals surface area contributed by atoms with Crippen LogP contribution >= 0.6 is 11.3 Å². The van der Waals surface area contributed by atoms with E-state index in [1.807, 2.05) is 12.3 Å². The molecule has 2 rings (SSSR count). The van der Waals surface area contributed by atoms with Crippen LogP contribution in [0.25, 0.3) is 0 Å². The van der Waals surface area contributed by atoms with E-state index in [0.29, 0.717) is 12.0 Å². The molecule has 0 fully saturated rings.